The van der Waals surface area contributed by atoms with Gasteiger partial charge in [0.2, 0.25) is 5.82 Å². The molecule has 8 nitrogen and oxygen atoms in total. The molecule has 28 heavy (non-hydrogen) atoms. The van der Waals surface area contributed by atoms with E-state index < -0.39 is 0 Å². The van der Waals surface area contributed by atoms with Crippen LogP contribution in [0.25, 0.3) is 39.5 Å². The molecule has 3 heterocycles. The van der Waals surface area contributed by atoms with Gasteiger partial charge >= 0.3 is 0 Å². The summed E-state index contributed by atoms with van der Waals surface area (Å²) in [5.41, 5.74) is 5.43. The van der Waals surface area contributed by atoms with Crippen molar-refractivity contribution in [2.75, 3.05) is 0 Å². The summed E-state index contributed by atoms with van der Waals surface area (Å²) in [7, 11) is 0. The van der Waals surface area contributed by atoms with Gasteiger partial charge in [-0.1, -0.05) is 48.5 Å². The SMILES string of the molecule is Cc1c(-c2ccccc2)[nH]n2c(=O)cc(-c3cccc(-c4nn[nH]n4)c3)nc12. The van der Waals surface area contributed by atoms with Gasteiger partial charge in [-0.05, 0) is 23.8 Å². The minimum atomic E-state index is -0.171. The van der Waals surface area contributed by atoms with E-state index in [2.05, 4.69) is 25.7 Å². The van der Waals surface area contributed by atoms with Crippen LogP contribution >= 0.6 is 0 Å². The van der Waals surface area contributed by atoms with Gasteiger partial charge in [-0.25, -0.2) is 9.50 Å². The van der Waals surface area contributed by atoms with Gasteiger partial charge in [0.15, 0.2) is 5.65 Å². The molecule has 0 aliphatic rings. The second-order valence-corrected chi connectivity index (χ2v) is 6.43. The van der Waals surface area contributed by atoms with E-state index in [0.717, 1.165) is 27.9 Å². The Morgan fingerprint density at radius 2 is 1.71 bits per heavy atom. The molecule has 0 amide bonds. The molecule has 0 unspecified atom stereocenters. The molecule has 3 aromatic heterocycles. The van der Waals surface area contributed by atoms with E-state index >= 15 is 0 Å². The highest BCUT2D eigenvalue weighted by molar-refractivity contribution is 5.73. The number of H-pyrrole nitrogens is 2. The van der Waals surface area contributed by atoms with Crippen LogP contribution in [-0.4, -0.2) is 35.2 Å². The molecule has 2 N–H and O–H groups in total. The van der Waals surface area contributed by atoms with Crippen molar-refractivity contribution in [3.63, 3.8) is 0 Å². The highest BCUT2D eigenvalue weighted by Gasteiger charge is 2.14. The first-order chi connectivity index (χ1) is 13.7. The van der Waals surface area contributed by atoms with Gasteiger partial charge in [-0.3, -0.25) is 9.89 Å². The maximum atomic E-state index is 12.7. The minimum Gasteiger partial charge on any atom is -0.289 e. The zero-order valence-corrected chi connectivity index (χ0v) is 14.9. The average molecular weight is 369 g/mol. The number of nitrogens with zero attached hydrogens (tertiary/aromatic N) is 5. The topological polar surface area (TPSA) is 105 Å². The monoisotopic (exact) mass is 369 g/mol. The lowest BCUT2D eigenvalue weighted by Crippen LogP contribution is -2.14. The summed E-state index contributed by atoms with van der Waals surface area (Å²) < 4.78 is 1.48. The molecule has 0 bridgehead atoms. The summed E-state index contributed by atoms with van der Waals surface area (Å²) in [5.74, 6) is 0.490. The van der Waals surface area contributed by atoms with Gasteiger partial charge in [0.25, 0.3) is 5.56 Å². The van der Waals surface area contributed by atoms with Gasteiger partial charge in [0.05, 0.1) is 11.4 Å². The highest BCUT2D eigenvalue weighted by Crippen LogP contribution is 2.26. The number of fused-ring (bicyclic) bond motifs is 1. The molecule has 136 valence electrons. The van der Waals surface area contributed by atoms with Crippen LogP contribution < -0.4 is 5.56 Å². The molecule has 2 aromatic carbocycles. The van der Waals surface area contributed by atoms with Crippen molar-refractivity contribution >= 4 is 5.65 Å². The molecule has 0 atom stereocenters. The number of hydrogen-bond donors (Lipinski definition) is 2. The first-order valence-electron chi connectivity index (χ1n) is 8.73. The maximum absolute atomic E-state index is 12.7. The standard InChI is InChI=1S/C20H15N7O/c1-12-18(13-6-3-2-4-7-13)24-27-17(28)11-16(21-20(12)27)14-8-5-9-15(10-14)19-22-25-26-23-19/h2-11,24H,1H3,(H,22,23,25,26). The lowest BCUT2D eigenvalue weighted by atomic mass is 10.1. The van der Waals surface area contributed by atoms with Gasteiger partial charge in [0, 0.05) is 22.8 Å². The van der Waals surface area contributed by atoms with Crippen molar-refractivity contribution in [3.05, 3.63) is 76.6 Å². The van der Waals surface area contributed by atoms with Crippen molar-refractivity contribution in [3.8, 4) is 33.9 Å². The zero-order chi connectivity index (χ0) is 19.1. The fraction of sp³-hybridized carbons (Fsp3) is 0.0500. The van der Waals surface area contributed by atoms with Crippen LogP contribution in [0.15, 0.2) is 65.5 Å². The average Bonchev–Trinajstić information content (AvgIpc) is 3.38. The Morgan fingerprint density at radius 1 is 0.929 bits per heavy atom. The van der Waals surface area contributed by atoms with Crippen LogP contribution in [0, 0.1) is 6.92 Å². The number of aromatic nitrogens is 7. The zero-order valence-electron chi connectivity index (χ0n) is 14.9. The summed E-state index contributed by atoms with van der Waals surface area (Å²) in [5, 5.41) is 17.2. The number of benzene rings is 2. The summed E-state index contributed by atoms with van der Waals surface area (Å²) >= 11 is 0. The highest BCUT2D eigenvalue weighted by atomic mass is 16.1. The largest absolute Gasteiger partial charge is 0.289 e. The fourth-order valence-electron chi connectivity index (χ4n) is 3.28. The van der Waals surface area contributed by atoms with Crippen LogP contribution in [0.4, 0.5) is 0 Å². The Labute approximate surface area is 158 Å². The van der Waals surface area contributed by atoms with Crippen molar-refractivity contribution in [1.29, 1.82) is 0 Å². The van der Waals surface area contributed by atoms with Gasteiger partial charge in [-0.2, -0.15) is 5.21 Å². The molecule has 0 spiro atoms. The van der Waals surface area contributed by atoms with E-state index in [1.807, 2.05) is 61.5 Å². The third-order valence-corrected chi connectivity index (χ3v) is 4.68. The molecule has 0 saturated carbocycles. The third kappa shape index (κ3) is 2.59. The number of aryl methyl sites for hydroxylation is 1. The van der Waals surface area contributed by atoms with E-state index in [1.165, 1.54) is 10.6 Å². The molecule has 0 fully saturated rings. The molecule has 0 radical (unpaired) electrons. The summed E-state index contributed by atoms with van der Waals surface area (Å²) in [4.78, 5) is 17.5. The smallest absolute Gasteiger partial charge is 0.273 e. The quantitative estimate of drug-likeness (QED) is 0.509. The molecule has 5 rings (SSSR count). The van der Waals surface area contributed by atoms with Crippen molar-refractivity contribution in [2.45, 2.75) is 6.92 Å². The molecule has 0 aliphatic heterocycles. The predicted octanol–water partition coefficient (Wildman–Crippen LogP) is 2.85. The number of nitrogens with one attached hydrogen (secondary N) is 2. The third-order valence-electron chi connectivity index (χ3n) is 4.68. The van der Waals surface area contributed by atoms with E-state index in [0.29, 0.717) is 17.2 Å². The molecule has 8 heteroatoms. The lowest BCUT2D eigenvalue weighted by Gasteiger charge is -2.03. The maximum Gasteiger partial charge on any atom is 0.273 e. The first-order valence-corrected chi connectivity index (χ1v) is 8.73. The van der Waals surface area contributed by atoms with Gasteiger partial charge < -0.3 is 0 Å². The summed E-state index contributed by atoms with van der Waals surface area (Å²) in [6, 6.07) is 19.0. The van der Waals surface area contributed by atoms with E-state index in [9.17, 15) is 4.79 Å². The Balaban J connectivity index is 1.67. The first kappa shape index (κ1) is 16.1. The normalized spacial score (nSPS) is 11.2. The number of hydrogen-bond acceptors (Lipinski definition) is 5. The van der Waals surface area contributed by atoms with Crippen LogP contribution in [0.5, 0.6) is 0 Å². The number of tetrazole rings is 1. The Morgan fingerprint density at radius 3 is 2.50 bits per heavy atom. The fourth-order valence-corrected chi connectivity index (χ4v) is 3.28. The Hall–Kier alpha value is -4.07. The predicted molar refractivity (Wildman–Crippen MR) is 105 cm³/mol. The lowest BCUT2D eigenvalue weighted by molar-refractivity contribution is 0.881. The van der Waals surface area contributed by atoms with Crippen LogP contribution in [0.3, 0.4) is 0 Å². The Bertz CT molecular complexity index is 1330. The summed E-state index contributed by atoms with van der Waals surface area (Å²) in [6.07, 6.45) is 0. The van der Waals surface area contributed by atoms with E-state index in [-0.39, 0.29) is 5.56 Å². The minimum absolute atomic E-state index is 0.171. The van der Waals surface area contributed by atoms with Crippen molar-refractivity contribution in [1.82, 2.24) is 35.2 Å². The van der Waals surface area contributed by atoms with Crippen molar-refractivity contribution < 1.29 is 0 Å². The molecule has 5 aromatic rings. The van der Waals surface area contributed by atoms with Gasteiger partial charge in [-0.15, -0.1) is 10.2 Å². The Kier molecular flexibility index (Phi) is 3.61. The molecule has 0 saturated heterocycles. The van der Waals surface area contributed by atoms with E-state index in [4.69, 9.17) is 4.98 Å². The second kappa shape index (κ2) is 6.27. The summed E-state index contributed by atoms with van der Waals surface area (Å²) in [6.45, 7) is 1.96. The number of aromatic amines is 2. The molecule has 0 aliphatic carbocycles. The number of rotatable bonds is 3. The van der Waals surface area contributed by atoms with Crippen LogP contribution in [0.1, 0.15) is 5.56 Å². The van der Waals surface area contributed by atoms with Crippen molar-refractivity contribution in [2.24, 2.45) is 0 Å². The molecular weight excluding hydrogens is 354 g/mol. The van der Waals surface area contributed by atoms with Crippen LogP contribution in [-0.2, 0) is 0 Å². The molecular formula is C20H15N7O. The van der Waals surface area contributed by atoms with Crippen LogP contribution in [0.2, 0.25) is 0 Å². The van der Waals surface area contributed by atoms with E-state index in [1.54, 1.807) is 0 Å². The second-order valence-electron chi connectivity index (χ2n) is 6.43. The van der Waals surface area contributed by atoms with Gasteiger partial charge in [0.1, 0.15) is 0 Å².